The first-order valence-corrected chi connectivity index (χ1v) is 12.5. The maximum Gasteiger partial charge on any atom is 0.314 e. The molecule has 1 saturated heterocycles. The standard InChI is InChI=1S/C20H34N2O4S/c23-18(21-5-1-15-2-7-27(25,26)8-3-15)22-6-4-19-10-16-9-17(11-19)13-20(24,12-16)14-19/h15-17,24H,1-14H2,(H2,21,22,23). The summed E-state index contributed by atoms with van der Waals surface area (Å²) in [7, 11) is -2.81. The smallest absolute Gasteiger partial charge is 0.314 e. The van der Waals surface area contributed by atoms with E-state index in [1.54, 1.807) is 0 Å². The molecule has 5 rings (SSSR count). The van der Waals surface area contributed by atoms with Gasteiger partial charge in [-0.3, -0.25) is 0 Å². The molecule has 7 heteroatoms. The number of amides is 2. The highest BCUT2D eigenvalue weighted by atomic mass is 32.2. The number of carbonyl (C=O) groups is 1. The van der Waals surface area contributed by atoms with Gasteiger partial charge in [-0.25, -0.2) is 13.2 Å². The Balaban J connectivity index is 1.14. The van der Waals surface area contributed by atoms with Crippen LogP contribution >= 0.6 is 0 Å². The van der Waals surface area contributed by atoms with Gasteiger partial charge < -0.3 is 15.7 Å². The summed E-state index contributed by atoms with van der Waals surface area (Å²) >= 11 is 0. The van der Waals surface area contributed by atoms with E-state index < -0.39 is 15.4 Å². The van der Waals surface area contributed by atoms with Crippen molar-refractivity contribution in [3.8, 4) is 0 Å². The van der Waals surface area contributed by atoms with Gasteiger partial charge in [0.25, 0.3) is 0 Å². The molecule has 4 aliphatic carbocycles. The van der Waals surface area contributed by atoms with Gasteiger partial charge in [0.1, 0.15) is 9.84 Å². The van der Waals surface area contributed by atoms with E-state index >= 15 is 0 Å². The third-order valence-corrected chi connectivity index (χ3v) is 9.32. The van der Waals surface area contributed by atoms with Crippen LogP contribution in [0.4, 0.5) is 4.79 Å². The molecule has 0 aromatic heterocycles. The molecule has 0 radical (unpaired) electrons. The monoisotopic (exact) mass is 398 g/mol. The summed E-state index contributed by atoms with van der Waals surface area (Å²) in [5.74, 6) is 2.36. The van der Waals surface area contributed by atoms with Crippen LogP contribution in [0.25, 0.3) is 0 Å². The van der Waals surface area contributed by atoms with Gasteiger partial charge in [0.15, 0.2) is 0 Å². The van der Waals surface area contributed by atoms with Crippen LogP contribution in [0.2, 0.25) is 0 Å². The fourth-order valence-electron chi connectivity index (χ4n) is 6.82. The van der Waals surface area contributed by atoms with E-state index in [0.29, 0.717) is 42.3 Å². The second kappa shape index (κ2) is 7.21. The van der Waals surface area contributed by atoms with Crippen LogP contribution in [-0.4, -0.2) is 49.8 Å². The third kappa shape index (κ3) is 4.61. The van der Waals surface area contributed by atoms with Gasteiger partial charge in [0, 0.05) is 13.1 Å². The van der Waals surface area contributed by atoms with Crippen molar-refractivity contribution in [1.82, 2.24) is 10.6 Å². The molecule has 4 saturated carbocycles. The minimum absolute atomic E-state index is 0.123. The van der Waals surface area contributed by atoms with E-state index in [4.69, 9.17) is 0 Å². The number of nitrogens with one attached hydrogen (secondary N) is 2. The normalized spacial score (nSPS) is 40.0. The van der Waals surface area contributed by atoms with E-state index in [1.165, 1.54) is 19.3 Å². The molecular formula is C20H34N2O4S. The van der Waals surface area contributed by atoms with Crippen molar-refractivity contribution in [2.45, 2.75) is 69.8 Å². The summed E-state index contributed by atoms with van der Waals surface area (Å²) in [4.78, 5) is 12.1. The number of rotatable bonds is 6. The Labute approximate surface area is 162 Å². The second-order valence-electron chi connectivity index (χ2n) is 10.0. The largest absolute Gasteiger partial charge is 0.390 e. The lowest BCUT2D eigenvalue weighted by atomic mass is 9.47. The molecule has 0 aromatic carbocycles. The van der Waals surface area contributed by atoms with Crippen molar-refractivity contribution in [2.75, 3.05) is 24.6 Å². The van der Waals surface area contributed by atoms with Crippen LogP contribution in [0.3, 0.4) is 0 Å². The molecule has 2 amide bonds. The summed E-state index contributed by atoms with van der Waals surface area (Å²) in [5, 5.41) is 16.7. The van der Waals surface area contributed by atoms with Gasteiger partial charge in [-0.1, -0.05) is 0 Å². The molecule has 1 aliphatic heterocycles. The highest BCUT2D eigenvalue weighted by molar-refractivity contribution is 7.91. The Morgan fingerprint density at radius 3 is 2.26 bits per heavy atom. The Morgan fingerprint density at radius 1 is 1.00 bits per heavy atom. The molecular weight excluding hydrogens is 364 g/mol. The van der Waals surface area contributed by atoms with Gasteiger partial charge in [0.2, 0.25) is 0 Å². The predicted octanol–water partition coefficient (Wildman–Crippen LogP) is 2.22. The van der Waals surface area contributed by atoms with Crippen LogP contribution < -0.4 is 10.6 Å². The number of sulfone groups is 1. The van der Waals surface area contributed by atoms with Gasteiger partial charge in [-0.2, -0.15) is 0 Å². The van der Waals surface area contributed by atoms with Gasteiger partial charge >= 0.3 is 6.03 Å². The first kappa shape index (κ1) is 19.5. The number of hydrogen-bond donors (Lipinski definition) is 3. The summed E-state index contributed by atoms with van der Waals surface area (Å²) in [5.41, 5.74) is -0.195. The van der Waals surface area contributed by atoms with E-state index in [9.17, 15) is 18.3 Å². The quantitative estimate of drug-likeness (QED) is 0.639. The predicted molar refractivity (Wildman–Crippen MR) is 104 cm³/mol. The zero-order chi connectivity index (χ0) is 19.1. The minimum Gasteiger partial charge on any atom is -0.390 e. The lowest BCUT2D eigenvalue weighted by Crippen LogP contribution is -2.56. The number of urea groups is 1. The molecule has 5 fully saturated rings. The van der Waals surface area contributed by atoms with Crippen molar-refractivity contribution in [1.29, 1.82) is 0 Å². The van der Waals surface area contributed by atoms with Crippen molar-refractivity contribution >= 4 is 15.9 Å². The molecule has 1 heterocycles. The summed E-state index contributed by atoms with van der Waals surface area (Å²) in [6.07, 6.45) is 9.89. The molecule has 27 heavy (non-hydrogen) atoms. The maximum atomic E-state index is 12.1. The molecule has 154 valence electrons. The van der Waals surface area contributed by atoms with Crippen molar-refractivity contribution in [3.05, 3.63) is 0 Å². The zero-order valence-corrected chi connectivity index (χ0v) is 17.0. The number of hydrogen-bond acceptors (Lipinski definition) is 4. The van der Waals surface area contributed by atoms with Crippen LogP contribution in [-0.2, 0) is 9.84 Å². The van der Waals surface area contributed by atoms with E-state index in [0.717, 1.165) is 44.9 Å². The number of carbonyl (C=O) groups excluding carboxylic acids is 1. The molecule has 0 spiro atoms. The molecule has 5 aliphatic rings. The summed E-state index contributed by atoms with van der Waals surface area (Å²) in [6.45, 7) is 1.27. The van der Waals surface area contributed by atoms with Crippen LogP contribution in [0.1, 0.15) is 64.2 Å². The highest BCUT2D eigenvalue weighted by Gasteiger charge is 2.56. The SMILES string of the molecule is O=C(NCCC1CCS(=O)(=O)CC1)NCCC12CC3CC(CC(O)(C3)C1)C2. The Morgan fingerprint density at radius 2 is 1.63 bits per heavy atom. The minimum atomic E-state index is -2.81. The van der Waals surface area contributed by atoms with E-state index in [1.807, 2.05) is 0 Å². The summed E-state index contributed by atoms with van der Waals surface area (Å²) < 4.78 is 22.9. The molecule has 6 nitrogen and oxygen atoms in total. The molecule has 3 N–H and O–H groups in total. The average molecular weight is 399 g/mol. The lowest BCUT2D eigenvalue weighted by Gasteiger charge is -2.60. The molecule has 0 aromatic rings. The van der Waals surface area contributed by atoms with Gasteiger partial charge in [-0.05, 0) is 87.4 Å². The van der Waals surface area contributed by atoms with E-state index in [2.05, 4.69) is 10.6 Å². The Kier molecular flexibility index (Phi) is 5.21. The summed E-state index contributed by atoms with van der Waals surface area (Å²) in [6, 6.07) is -0.123. The maximum absolute atomic E-state index is 12.1. The molecule has 4 bridgehead atoms. The molecule has 2 atom stereocenters. The van der Waals surface area contributed by atoms with Crippen molar-refractivity contribution in [2.24, 2.45) is 23.2 Å². The fourth-order valence-corrected chi connectivity index (χ4v) is 8.40. The topological polar surface area (TPSA) is 95.5 Å². The first-order chi connectivity index (χ1) is 12.8. The number of aliphatic hydroxyl groups is 1. The first-order valence-electron chi connectivity index (χ1n) is 10.7. The van der Waals surface area contributed by atoms with Crippen LogP contribution in [0, 0.1) is 23.2 Å². The van der Waals surface area contributed by atoms with Crippen LogP contribution in [0.15, 0.2) is 0 Å². The third-order valence-electron chi connectivity index (χ3n) is 7.60. The molecule has 2 unspecified atom stereocenters. The lowest BCUT2D eigenvalue weighted by molar-refractivity contribution is -0.165. The van der Waals surface area contributed by atoms with Crippen LogP contribution in [0.5, 0.6) is 0 Å². The average Bonchev–Trinajstić information content (AvgIpc) is 2.54. The second-order valence-corrected chi connectivity index (χ2v) is 12.3. The fraction of sp³-hybridized carbons (Fsp3) is 0.950. The zero-order valence-electron chi connectivity index (χ0n) is 16.2. The van der Waals surface area contributed by atoms with Gasteiger partial charge in [0.05, 0.1) is 17.1 Å². The van der Waals surface area contributed by atoms with E-state index in [-0.39, 0.29) is 11.4 Å². The van der Waals surface area contributed by atoms with Crippen molar-refractivity contribution in [3.63, 3.8) is 0 Å². The Bertz CT molecular complexity index is 649. The van der Waals surface area contributed by atoms with Crippen molar-refractivity contribution < 1.29 is 18.3 Å². The van der Waals surface area contributed by atoms with Gasteiger partial charge in [-0.15, -0.1) is 0 Å². The Hall–Kier alpha value is -0.820. The highest BCUT2D eigenvalue weighted by Crippen LogP contribution is 2.62.